The topological polar surface area (TPSA) is 75.0 Å². The third kappa shape index (κ3) is 2.63. The molecular weight excluding hydrogens is 324 g/mol. The Labute approximate surface area is 143 Å². The smallest absolute Gasteiger partial charge is 0.263 e. The molecule has 3 aromatic rings. The molecule has 0 bridgehead atoms. The minimum atomic E-state index is -1.27. The van der Waals surface area contributed by atoms with Crippen molar-refractivity contribution in [2.24, 2.45) is 0 Å². The second-order valence-corrected chi connectivity index (χ2v) is 6.98. The van der Waals surface area contributed by atoms with Gasteiger partial charge >= 0.3 is 0 Å². The number of carbonyl (C=O) groups is 1. The van der Waals surface area contributed by atoms with Crippen molar-refractivity contribution in [3.8, 4) is 11.1 Å². The van der Waals surface area contributed by atoms with E-state index < -0.39 is 12.0 Å². The molecule has 0 aliphatic heterocycles. The van der Waals surface area contributed by atoms with Crippen molar-refractivity contribution in [3.05, 3.63) is 51.4 Å². The molecule has 1 aromatic carbocycles. The standard InChI is InChI=1S/C18H18N2O3S/c1-4-13(18(22)23)20-9-19-16-15(17(20)21)14(11(3)24-16)12-7-5-10(2)6-8-12/h5-9,13H,4H2,1-3H3,(H,22,23)/p-1/t13-/m0/s1. The van der Waals surface area contributed by atoms with Crippen LogP contribution < -0.4 is 10.7 Å². The van der Waals surface area contributed by atoms with Gasteiger partial charge in [-0.3, -0.25) is 9.36 Å². The summed E-state index contributed by atoms with van der Waals surface area (Å²) in [7, 11) is 0. The highest BCUT2D eigenvalue weighted by Crippen LogP contribution is 2.35. The summed E-state index contributed by atoms with van der Waals surface area (Å²) in [4.78, 5) is 30.2. The lowest BCUT2D eigenvalue weighted by atomic mass is 10.0. The zero-order chi connectivity index (χ0) is 17.4. The monoisotopic (exact) mass is 341 g/mol. The molecule has 0 unspecified atom stereocenters. The number of hydrogen-bond donors (Lipinski definition) is 0. The Morgan fingerprint density at radius 1 is 1.29 bits per heavy atom. The van der Waals surface area contributed by atoms with Crippen LogP contribution in [0, 0.1) is 13.8 Å². The van der Waals surface area contributed by atoms with Crippen LogP contribution >= 0.6 is 11.3 Å². The van der Waals surface area contributed by atoms with Crippen LogP contribution in [0.3, 0.4) is 0 Å². The van der Waals surface area contributed by atoms with E-state index in [0.29, 0.717) is 10.2 Å². The number of carboxylic acids is 1. The highest BCUT2D eigenvalue weighted by Gasteiger charge is 2.20. The van der Waals surface area contributed by atoms with Gasteiger partial charge in [0.25, 0.3) is 5.56 Å². The summed E-state index contributed by atoms with van der Waals surface area (Å²) in [5.41, 5.74) is 2.56. The van der Waals surface area contributed by atoms with Gasteiger partial charge in [-0.1, -0.05) is 36.8 Å². The van der Waals surface area contributed by atoms with E-state index in [-0.39, 0.29) is 12.0 Å². The van der Waals surface area contributed by atoms with Gasteiger partial charge < -0.3 is 9.90 Å². The van der Waals surface area contributed by atoms with Crippen LogP contribution in [0.15, 0.2) is 35.4 Å². The maximum Gasteiger partial charge on any atom is 0.263 e. The van der Waals surface area contributed by atoms with Gasteiger partial charge in [0, 0.05) is 10.4 Å². The number of nitrogens with zero attached hydrogens (tertiary/aromatic N) is 2. The lowest BCUT2D eigenvalue weighted by Crippen LogP contribution is -2.37. The average molecular weight is 341 g/mol. The first-order valence-corrected chi connectivity index (χ1v) is 8.53. The van der Waals surface area contributed by atoms with E-state index in [1.54, 1.807) is 6.92 Å². The summed E-state index contributed by atoms with van der Waals surface area (Å²) < 4.78 is 1.17. The SMILES string of the molecule is CC[C@@H](C(=O)[O-])n1cnc2sc(C)c(-c3ccc(C)cc3)c2c1=O. The van der Waals surface area contributed by atoms with E-state index in [2.05, 4.69) is 4.98 Å². The Morgan fingerprint density at radius 2 is 1.96 bits per heavy atom. The average Bonchev–Trinajstić information content (AvgIpc) is 2.88. The third-order valence-electron chi connectivity index (χ3n) is 4.15. The Bertz CT molecular complexity index is 970. The molecule has 0 aliphatic carbocycles. The normalized spacial score (nSPS) is 12.5. The molecule has 1 atom stereocenters. The molecule has 2 heterocycles. The van der Waals surface area contributed by atoms with Gasteiger partial charge in [0.05, 0.1) is 23.7 Å². The van der Waals surface area contributed by atoms with Crippen LogP contribution in [-0.2, 0) is 4.79 Å². The summed E-state index contributed by atoms with van der Waals surface area (Å²) >= 11 is 1.44. The van der Waals surface area contributed by atoms with Crippen molar-refractivity contribution in [1.82, 2.24) is 9.55 Å². The van der Waals surface area contributed by atoms with E-state index in [1.165, 1.54) is 22.2 Å². The maximum atomic E-state index is 12.9. The van der Waals surface area contributed by atoms with Crippen molar-refractivity contribution in [2.45, 2.75) is 33.2 Å². The number of benzene rings is 1. The molecule has 0 saturated carbocycles. The minimum Gasteiger partial charge on any atom is -0.548 e. The van der Waals surface area contributed by atoms with Crippen LogP contribution in [0.4, 0.5) is 0 Å². The molecule has 0 N–H and O–H groups in total. The zero-order valence-corrected chi connectivity index (χ0v) is 14.5. The molecule has 6 heteroatoms. The van der Waals surface area contributed by atoms with E-state index in [9.17, 15) is 14.7 Å². The first-order chi connectivity index (χ1) is 11.4. The highest BCUT2D eigenvalue weighted by molar-refractivity contribution is 7.19. The Kier molecular flexibility index (Phi) is 4.24. The van der Waals surface area contributed by atoms with Crippen molar-refractivity contribution >= 4 is 27.5 Å². The molecule has 2 aromatic heterocycles. The lowest BCUT2D eigenvalue weighted by Gasteiger charge is -2.18. The van der Waals surface area contributed by atoms with E-state index >= 15 is 0 Å². The van der Waals surface area contributed by atoms with Gasteiger partial charge in [-0.05, 0) is 25.8 Å². The quantitative estimate of drug-likeness (QED) is 0.730. The largest absolute Gasteiger partial charge is 0.548 e. The van der Waals surface area contributed by atoms with Gasteiger partial charge in [-0.15, -0.1) is 11.3 Å². The molecular formula is C18H17N2O3S-. The zero-order valence-electron chi connectivity index (χ0n) is 13.7. The molecule has 0 radical (unpaired) electrons. The van der Waals surface area contributed by atoms with Crippen molar-refractivity contribution in [2.75, 3.05) is 0 Å². The Hall–Kier alpha value is -2.47. The second kappa shape index (κ2) is 6.20. The van der Waals surface area contributed by atoms with Crippen LogP contribution in [0.5, 0.6) is 0 Å². The van der Waals surface area contributed by atoms with Crippen LogP contribution in [0.1, 0.15) is 29.8 Å². The molecule has 124 valence electrons. The summed E-state index contributed by atoms with van der Waals surface area (Å²) in [6.07, 6.45) is 1.57. The van der Waals surface area contributed by atoms with Gasteiger partial charge in [-0.2, -0.15) is 0 Å². The Balaban J connectivity index is 2.31. The number of thiophene rings is 1. The number of rotatable bonds is 4. The van der Waals surface area contributed by atoms with E-state index in [0.717, 1.165) is 21.6 Å². The van der Waals surface area contributed by atoms with Crippen LogP contribution in [0.25, 0.3) is 21.3 Å². The number of aryl methyl sites for hydroxylation is 2. The number of hydrogen-bond acceptors (Lipinski definition) is 5. The molecule has 3 rings (SSSR count). The Morgan fingerprint density at radius 3 is 2.54 bits per heavy atom. The number of carboxylic acid groups (broad SMARTS) is 1. The molecule has 0 fully saturated rings. The molecule has 5 nitrogen and oxygen atoms in total. The minimum absolute atomic E-state index is 0.262. The number of aromatic nitrogens is 2. The van der Waals surface area contributed by atoms with E-state index in [1.807, 2.05) is 38.1 Å². The summed E-state index contributed by atoms with van der Waals surface area (Å²) in [5, 5.41) is 11.8. The fourth-order valence-electron chi connectivity index (χ4n) is 2.88. The first kappa shape index (κ1) is 16.4. The van der Waals surface area contributed by atoms with Crippen molar-refractivity contribution in [3.63, 3.8) is 0 Å². The lowest BCUT2D eigenvalue weighted by molar-refractivity contribution is -0.310. The fraction of sp³-hybridized carbons (Fsp3) is 0.278. The highest BCUT2D eigenvalue weighted by atomic mass is 32.1. The summed E-state index contributed by atoms with van der Waals surface area (Å²) in [6, 6.07) is 6.90. The van der Waals surface area contributed by atoms with Gasteiger partial charge in [0.1, 0.15) is 4.83 Å². The molecule has 0 spiro atoms. The predicted octanol–water partition coefficient (Wildman–Crippen LogP) is 2.44. The maximum absolute atomic E-state index is 12.9. The van der Waals surface area contributed by atoms with Gasteiger partial charge in [-0.25, -0.2) is 4.98 Å². The van der Waals surface area contributed by atoms with Gasteiger partial charge in [0.2, 0.25) is 0 Å². The van der Waals surface area contributed by atoms with E-state index in [4.69, 9.17) is 0 Å². The first-order valence-electron chi connectivity index (χ1n) is 7.72. The second-order valence-electron chi connectivity index (χ2n) is 5.78. The molecule has 0 aliphatic rings. The summed E-state index contributed by atoms with van der Waals surface area (Å²) in [5.74, 6) is -1.27. The van der Waals surface area contributed by atoms with Crippen LogP contribution in [-0.4, -0.2) is 15.5 Å². The van der Waals surface area contributed by atoms with Crippen molar-refractivity contribution < 1.29 is 9.90 Å². The van der Waals surface area contributed by atoms with Gasteiger partial charge in [0.15, 0.2) is 0 Å². The predicted molar refractivity (Wildman–Crippen MR) is 93.1 cm³/mol. The number of carbonyl (C=O) groups excluding carboxylic acids is 1. The third-order valence-corrected chi connectivity index (χ3v) is 5.16. The fourth-order valence-corrected chi connectivity index (χ4v) is 3.89. The van der Waals surface area contributed by atoms with Crippen LogP contribution in [0.2, 0.25) is 0 Å². The molecule has 0 amide bonds. The summed E-state index contributed by atoms with van der Waals surface area (Å²) in [6.45, 7) is 5.65. The van der Waals surface area contributed by atoms with Crippen molar-refractivity contribution in [1.29, 1.82) is 0 Å². The number of aliphatic carboxylic acids is 1. The number of fused-ring (bicyclic) bond motifs is 1. The molecule has 24 heavy (non-hydrogen) atoms. The molecule has 0 saturated heterocycles.